The van der Waals surface area contributed by atoms with Gasteiger partial charge in [0, 0.05) is 17.9 Å². The Kier molecular flexibility index (Phi) is 3.43. The van der Waals surface area contributed by atoms with Gasteiger partial charge >= 0.3 is 0 Å². The zero-order valence-corrected chi connectivity index (χ0v) is 11.9. The van der Waals surface area contributed by atoms with Crippen LogP contribution in [0.3, 0.4) is 0 Å². The van der Waals surface area contributed by atoms with Crippen LogP contribution in [0.15, 0.2) is 11.1 Å². The second-order valence-electron chi connectivity index (χ2n) is 6.45. The number of carbonyl (C=O) groups excluding carboxylic acids is 2. The lowest BCUT2D eigenvalue weighted by molar-refractivity contribution is -0.133. The van der Waals surface area contributed by atoms with Gasteiger partial charge in [0.1, 0.15) is 5.78 Å². The molecule has 2 aliphatic rings. The lowest BCUT2D eigenvalue weighted by atomic mass is 9.70. The second-order valence-corrected chi connectivity index (χ2v) is 6.45. The molecule has 2 rings (SSSR count). The summed E-state index contributed by atoms with van der Waals surface area (Å²) >= 11 is 0. The Morgan fingerprint density at radius 2 is 2.00 bits per heavy atom. The van der Waals surface area contributed by atoms with Crippen LogP contribution >= 0.6 is 0 Å². The number of aliphatic hydroxyl groups excluding tert-OH is 1. The van der Waals surface area contributed by atoms with Crippen LogP contribution in [0.5, 0.6) is 0 Å². The van der Waals surface area contributed by atoms with Crippen molar-refractivity contribution in [2.75, 3.05) is 0 Å². The monoisotopic (exact) mass is 266 g/mol. The number of aliphatic hydroxyl groups is 2. The fourth-order valence-electron chi connectivity index (χ4n) is 3.49. The molecule has 4 nitrogen and oxygen atoms in total. The molecular weight excluding hydrogens is 244 g/mol. The van der Waals surface area contributed by atoms with Crippen LogP contribution in [0.4, 0.5) is 0 Å². The summed E-state index contributed by atoms with van der Waals surface area (Å²) in [5.74, 6) is -1.04. The molecule has 106 valence electrons. The molecule has 0 aliphatic heterocycles. The van der Waals surface area contributed by atoms with E-state index in [0.29, 0.717) is 17.6 Å². The van der Waals surface area contributed by atoms with E-state index in [2.05, 4.69) is 0 Å². The average Bonchev–Trinajstić information content (AvgIpc) is 2.59. The summed E-state index contributed by atoms with van der Waals surface area (Å²) in [6, 6.07) is 0. The minimum absolute atomic E-state index is 0.0501. The highest BCUT2D eigenvalue weighted by atomic mass is 16.3. The van der Waals surface area contributed by atoms with Crippen LogP contribution in [0.2, 0.25) is 0 Å². The molecule has 0 saturated heterocycles. The molecule has 0 saturated carbocycles. The van der Waals surface area contributed by atoms with E-state index in [1.165, 1.54) is 0 Å². The van der Waals surface area contributed by atoms with Crippen molar-refractivity contribution < 1.29 is 19.8 Å². The smallest absolute Gasteiger partial charge is 0.162 e. The van der Waals surface area contributed by atoms with Gasteiger partial charge in [0.2, 0.25) is 0 Å². The number of ketones is 2. The van der Waals surface area contributed by atoms with Gasteiger partial charge in [-0.05, 0) is 24.8 Å². The molecule has 19 heavy (non-hydrogen) atoms. The quantitative estimate of drug-likeness (QED) is 0.789. The van der Waals surface area contributed by atoms with Gasteiger partial charge in [-0.2, -0.15) is 0 Å². The minimum Gasteiger partial charge on any atom is -0.388 e. The van der Waals surface area contributed by atoms with Crippen LogP contribution < -0.4 is 0 Å². The SMILES string of the molecule is CC(C)C(=O)[C@@H]1C[C@](C)(O)C2=C([C@H](C)CC2=O)[C@@H]1O. The van der Waals surface area contributed by atoms with Crippen LogP contribution in [0.25, 0.3) is 0 Å². The topological polar surface area (TPSA) is 74.6 Å². The van der Waals surface area contributed by atoms with Gasteiger partial charge in [0.15, 0.2) is 5.78 Å². The van der Waals surface area contributed by atoms with E-state index in [1.54, 1.807) is 20.8 Å². The third-order valence-electron chi connectivity index (χ3n) is 4.38. The average molecular weight is 266 g/mol. The summed E-state index contributed by atoms with van der Waals surface area (Å²) < 4.78 is 0. The fraction of sp³-hybridized carbons (Fsp3) is 0.733. The summed E-state index contributed by atoms with van der Waals surface area (Å²) in [6.07, 6.45) is -0.477. The summed E-state index contributed by atoms with van der Waals surface area (Å²) in [4.78, 5) is 24.2. The Bertz CT molecular complexity index is 459. The normalized spacial score (nSPS) is 38.9. The van der Waals surface area contributed by atoms with E-state index in [0.717, 1.165) is 0 Å². The second kappa shape index (κ2) is 4.53. The van der Waals surface area contributed by atoms with Gasteiger partial charge in [-0.1, -0.05) is 20.8 Å². The van der Waals surface area contributed by atoms with Crippen molar-refractivity contribution in [1.29, 1.82) is 0 Å². The summed E-state index contributed by atoms with van der Waals surface area (Å²) in [5, 5.41) is 20.9. The molecule has 0 aromatic rings. The fourth-order valence-corrected chi connectivity index (χ4v) is 3.49. The van der Waals surface area contributed by atoms with Crippen LogP contribution in [-0.2, 0) is 9.59 Å². The Balaban J connectivity index is 2.47. The first-order valence-corrected chi connectivity index (χ1v) is 6.88. The van der Waals surface area contributed by atoms with Gasteiger partial charge < -0.3 is 10.2 Å². The molecular formula is C15H22O4. The summed E-state index contributed by atoms with van der Waals surface area (Å²) in [6.45, 7) is 7.01. The van der Waals surface area contributed by atoms with Crippen LogP contribution in [0.1, 0.15) is 40.5 Å². The molecule has 0 heterocycles. The van der Waals surface area contributed by atoms with Crippen molar-refractivity contribution in [3.63, 3.8) is 0 Å². The first-order valence-electron chi connectivity index (χ1n) is 6.88. The van der Waals surface area contributed by atoms with Crippen molar-refractivity contribution >= 4 is 11.6 Å². The molecule has 4 heteroatoms. The molecule has 0 unspecified atom stereocenters. The number of Topliss-reactive ketones (excluding diaryl/α,β-unsaturated/α-hetero) is 2. The van der Waals surface area contributed by atoms with Crippen molar-refractivity contribution in [3.05, 3.63) is 11.1 Å². The molecule has 2 N–H and O–H groups in total. The van der Waals surface area contributed by atoms with E-state index >= 15 is 0 Å². The predicted octanol–water partition coefficient (Wildman–Crippen LogP) is 1.25. The molecule has 0 amide bonds. The van der Waals surface area contributed by atoms with E-state index in [-0.39, 0.29) is 29.8 Å². The number of carbonyl (C=O) groups is 2. The van der Waals surface area contributed by atoms with E-state index < -0.39 is 17.6 Å². The standard InChI is InChI=1S/C15H22O4/c1-7(2)13(17)9-6-15(4,19)12-10(16)5-8(3)11(12)14(9)18/h7-9,14,18-19H,5-6H2,1-4H3/t8-,9+,14-,15+/m1/s1. The van der Waals surface area contributed by atoms with E-state index in [1.807, 2.05) is 6.92 Å². The van der Waals surface area contributed by atoms with Crippen molar-refractivity contribution in [2.24, 2.45) is 17.8 Å². The van der Waals surface area contributed by atoms with E-state index in [9.17, 15) is 19.8 Å². The van der Waals surface area contributed by atoms with Gasteiger partial charge in [-0.15, -0.1) is 0 Å². The molecule has 0 aromatic heterocycles. The van der Waals surface area contributed by atoms with Crippen molar-refractivity contribution in [2.45, 2.75) is 52.2 Å². The zero-order chi connectivity index (χ0) is 14.5. The van der Waals surface area contributed by atoms with Crippen LogP contribution in [0, 0.1) is 17.8 Å². The molecule has 0 fully saturated rings. The molecule has 0 bridgehead atoms. The first kappa shape index (κ1) is 14.4. The summed E-state index contributed by atoms with van der Waals surface area (Å²) in [7, 11) is 0. The molecule has 4 atom stereocenters. The lowest BCUT2D eigenvalue weighted by Crippen LogP contribution is -2.46. The largest absolute Gasteiger partial charge is 0.388 e. The number of hydrogen-bond acceptors (Lipinski definition) is 4. The Morgan fingerprint density at radius 3 is 2.53 bits per heavy atom. The highest BCUT2D eigenvalue weighted by Gasteiger charge is 2.51. The highest BCUT2D eigenvalue weighted by molar-refractivity contribution is 6.02. The molecule has 0 spiro atoms. The molecule has 0 radical (unpaired) electrons. The zero-order valence-electron chi connectivity index (χ0n) is 11.9. The van der Waals surface area contributed by atoms with Crippen molar-refractivity contribution in [3.8, 4) is 0 Å². The molecule has 2 aliphatic carbocycles. The predicted molar refractivity (Wildman–Crippen MR) is 70.4 cm³/mol. The maximum Gasteiger partial charge on any atom is 0.162 e. The Hall–Kier alpha value is -1.00. The van der Waals surface area contributed by atoms with Crippen LogP contribution in [-0.4, -0.2) is 33.5 Å². The minimum atomic E-state index is -1.30. The first-order chi connectivity index (χ1) is 8.66. The lowest BCUT2D eigenvalue weighted by Gasteiger charge is -2.39. The number of rotatable bonds is 2. The Labute approximate surface area is 113 Å². The Morgan fingerprint density at radius 1 is 1.42 bits per heavy atom. The highest BCUT2D eigenvalue weighted by Crippen LogP contribution is 2.46. The summed E-state index contributed by atoms with van der Waals surface area (Å²) in [5.41, 5.74) is -0.369. The number of hydrogen-bond donors (Lipinski definition) is 2. The maximum absolute atomic E-state index is 12.2. The third kappa shape index (κ3) is 2.17. The van der Waals surface area contributed by atoms with Gasteiger partial charge in [0.25, 0.3) is 0 Å². The van der Waals surface area contributed by atoms with Gasteiger partial charge in [0.05, 0.1) is 17.6 Å². The van der Waals surface area contributed by atoms with Gasteiger partial charge in [-0.3, -0.25) is 9.59 Å². The van der Waals surface area contributed by atoms with Gasteiger partial charge in [-0.25, -0.2) is 0 Å². The third-order valence-corrected chi connectivity index (χ3v) is 4.38. The molecule has 0 aromatic carbocycles. The van der Waals surface area contributed by atoms with Crippen molar-refractivity contribution in [1.82, 2.24) is 0 Å². The maximum atomic E-state index is 12.2. The van der Waals surface area contributed by atoms with E-state index in [4.69, 9.17) is 0 Å².